The molecule has 0 N–H and O–H groups in total. The fourth-order valence-electron chi connectivity index (χ4n) is 3.37. The molecular weight excluding hydrogens is 455 g/mol. The molecular formula is C25H23ClF3NO3. The number of nitrogens with zero attached hydrogens (tertiary/aromatic N) is 1. The predicted molar refractivity (Wildman–Crippen MR) is 121 cm³/mol. The van der Waals surface area contributed by atoms with Crippen LogP contribution in [0.15, 0.2) is 66.7 Å². The quantitative estimate of drug-likeness (QED) is 0.384. The molecule has 0 aliphatic carbocycles. The number of halogens is 4. The van der Waals surface area contributed by atoms with Crippen LogP contribution in [0, 0.1) is 0 Å². The van der Waals surface area contributed by atoms with Crippen LogP contribution in [-0.4, -0.2) is 31.6 Å². The van der Waals surface area contributed by atoms with Crippen LogP contribution in [0.25, 0.3) is 0 Å². The number of carbonyl (C=O) groups excluding carboxylic acids is 1. The van der Waals surface area contributed by atoms with Gasteiger partial charge in [0.2, 0.25) is 0 Å². The minimum absolute atomic E-state index is 0.0221. The van der Waals surface area contributed by atoms with Crippen molar-refractivity contribution in [2.75, 3.05) is 20.8 Å². The first-order chi connectivity index (χ1) is 15.7. The van der Waals surface area contributed by atoms with E-state index < -0.39 is 17.6 Å². The maximum Gasteiger partial charge on any atom is 0.416 e. The summed E-state index contributed by atoms with van der Waals surface area (Å²) in [6, 6.07) is 16.9. The highest BCUT2D eigenvalue weighted by molar-refractivity contribution is 6.30. The van der Waals surface area contributed by atoms with E-state index in [0.717, 1.165) is 23.3 Å². The van der Waals surface area contributed by atoms with Crippen molar-refractivity contribution in [2.45, 2.75) is 19.1 Å². The van der Waals surface area contributed by atoms with Crippen molar-refractivity contribution in [1.29, 1.82) is 0 Å². The number of benzene rings is 3. The van der Waals surface area contributed by atoms with E-state index >= 15 is 0 Å². The Kier molecular flexibility index (Phi) is 7.87. The highest BCUT2D eigenvalue weighted by Crippen LogP contribution is 2.30. The molecule has 3 aromatic rings. The van der Waals surface area contributed by atoms with E-state index in [9.17, 15) is 18.0 Å². The number of amides is 1. The van der Waals surface area contributed by atoms with Gasteiger partial charge >= 0.3 is 6.18 Å². The molecule has 174 valence electrons. The summed E-state index contributed by atoms with van der Waals surface area (Å²) in [5, 5.41) is 0.555. The third-order valence-electron chi connectivity index (χ3n) is 5.13. The number of hydrogen-bond donors (Lipinski definition) is 0. The molecule has 0 spiro atoms. The number of rotatable bonds is 8. The van der Waals surface area contributed by atoms with Gasteiger partial charge in [0.15, 0.2) is 11.5 Å². The standard InChI is InChI=1S/C25H23ClF3NO3/c1-32-22-11-8-17(14-23(22)33-2)12-13-30(16-18-6-9-21(26)10-7-18)24(31)19-4-3-5-20(15-19)25(27,28)29/h3-11,14-15H,12-13,16H2,1-2H3. The van der Waals surface area contributed by atoms with Crippen molar-refractivity contribution in [3.63, 3.8) is 0 Å². The highest BCUT2D eigenvalue weighted by Gasteiger charge is 2.31. The first-order valence-electron chi connectivity index (χ1n) is 10.1. The largest absolute Gasteiger partial charge is 0.493 e. The maximum atomic E-state index is 13.2. The number of carbonyl (C=O) groups is 1. The molecule has 0 radical (unpaired) electrons. The van der Waals surface area contributed by atoms with Gasteiger partial charge in [-0.15, -0.1) is 0 Å². The van der Waals surface area contributed by atoms with Gasteiger partial charge in [-0.1, -0.05) is 35.9 Å². The Balaban J connectivity index is 1.86. The Bertz CT molecular complexity index is 1100. The van der Waals surface area contributed by atoms with Crippen molar-refractivity contribution < 1.29 is 27.4 Å². The molecule has 3 aromatic carbocycles. The second-order valence-corrected chi connectivity index (χ2v) is 7.81. The fourth-order valence-corrected chi connectivity index (χ4v) is 3.50. The molecule has 0 saturated heterocycles. The monoisotopic (exact) mass is 477 g/mol. The highest BCUT2D eigenvalue weighted by atomic mass is 35.5. The minimum Gasteiger partial charge on any atom is -0.493 e. The summed E-state index contributed by atoms with van der Waals surface area (Å²) in [5.41, 5.74) is 0.823. The molecule has 4 nitrogen and oxygen atoms in total. The van der Waals surface area contributed by atoms with Crippen LogP contribution < -0.4 is 9.47 Å². The molecule has 8 heteroatoms. The van der Waals surface area contributed by atoms with Gasteiger partial charge < -0.3 is 14.4 Å². The molecule has 0 saturated carbocycles. The molecule has 0 aromatic heterocycles. The number of methoxy groups -OCH3 is 2. The number of ether oxygens (including phenoxy) is 2. The van der Waals surface area contributed by atoms with Gasteiger partial charge in [-0.05, 0) is 60.0 Å². The van der Waals surface area contributed by atoms with E-state index in [1.807, 2.05) is 12.1 Å². The lowest BCUT2D eigenvalue weighted by atomic mass is 10.1. The zero-order chi connectivity index (χ0) is 24.0. The fraction of sp³-hybridized carbons (Fsp3) is 0.240. The molecule has 0 aliphatic rings. The molecule has 33 heavy (non-hydrogen) atoms. The second kappa shape index (κ2) is 10.6. The lowest BCUT2D eigenvalue weighted by Gasteiger charge is -2.24. The van der Waals surface area contributed by atoms with E-state index in [2.05, 4.69) is 0 Å². The topological polar surface area (TPSA) is 38.8 Å². The van der Waals surface area contributed by atoms with Crippen molar-refractivity contribution in [3.8, 4) is 11.5 Å². The average Bonchev–Trinajstić information content (AvgIpc) is 2.81. The molecule has 0 atom stereocenters. The summed E-state index contributed by atoms with van der Waals surface area (Å²) in [4.78, 5) is 14.8. The van der Waals surface area contributed by atoms with E-state index in [1.54, 1.807) is 37.4 Å². The van der Waals surface area contributed by atoms with E-state index in [0.29, 0.717) is 22.9 Å². The third-order valence-corrected chi connectivity index (χ3v) is 5.38. The third kappa shape index (κ3) is 6.42. The first kappa shape index (κ1) is 24.5. The molecule has 0 fully saturated rings. The summed E-state index contributed by atoms with van der Waals surface area (Å²) >= 11 is 5.95. The smallest absolute Gasteiger partial charge is 0.416 e. The first-order valence-corrected chi connectivity index (χ1v) is 10.5. The molecule has 1 amide bonds. The van der Waals surface area contributed by atoms with Gasteiger partial charge in [0.25, 0.3) is 5.91 Å². The van der Waals surface area contributed by atoms with Crippen LogP contribution >= 0.6 is 11.6 Å². The van der Waals surface area contributed by atoms with E-state index in [1.165, 1.54) is 24.1 Å². The molecule has 0 unspecified atom stereocenters. The van der Waals surface area contributed by atoms with Gasteiger partial charge in [0, 0.05) is 23.7 Å². The molecule has 0 bridgehead atoms. The van der Waals surface area contributed by atoms with E-state index in [-0.39, 0.29) is 18.7 Å². The summed E-state index contributed by atoms with van der Waals surface area (Å²) in [5.74, 6) is 0.652. The zero-order valence-electron chi connectivity index (χ0n) is 18.2. The molecule has 0 aliphatic heterocycles. The predicted octanol–water partition coefficient (Wildman–Crippen LogP) is 6.26. The summed E-state index contributed by atoms with van der Waals surface area (Å²) in [6.07, 6.45) is -4.06. The van der Waals surface area contributed by atoms with Crippen LogP contribution in [0.5, 0.6) is 11.5 Å². The summed E-state index contributed by atoms with van der Waals surface area (Å²) in [6.45, 7) is 0.507. The van der Waals surface area contributed by atoms with Gasteiger partial charge in [0.05, 0.1) is 19.8 Å². The van der Waals surface area contributed by atoms with Gasteiger partial charge in [0.1, 0.15) is 0 Å². The van der Waals surface area contributed by atoms with Crippen molar-refractivity contribution >= 4 is 17.5 Å². The Morgan fingerprint density at radius 2 is 1.58 bits per heavy atom. The average molecular weight is 478 g/mol. The Morgan fingerprint density at radius 3 is 2.21 bits per heavy atom. The maximum absolute atomic E-state index is 13.2. The van der Waals surface area contributed by atoms with Crippen molar-refractivity contribution in [3.05, 3.63) is 94.0 Å². The van der Waals surface area contributed by atoms with Gasteiger partial charge in [-0.3, -0.25) is 4.79 Å². The van der Waals surface area contributed by atoms with Crippen LogP contribution in [0.4, 0.5) is 13.2 Å². The minimum atomic E-state index is -4.53. The van der Waals surface area contributed by atoms with Crippen LogP contribution in [0.3, 0.4) is 0 Å². The SMILES string of the molecule is COc1ccc(CCN(Cc2ccc(Cl)cc2)C(=O)c2cccc(C(F)(F)F)c2)cc1OC. The van der Waals surface area contributed by atoms with Gasteiger partial charge in [-0.25, -0.2) is 0 Å². The van der Waals surface area contributed by atoms with E-state index in [4.69, 9.17) is 21.1 Å². The second-order valence-electron chi connectivity index (χ2n) is 7.37. The summed E-state index contributed by atoms with van der Waals surface area (Å²) in [7, 11) is 3.07. The zero-order valence-corrected chi connectivity index (χ0v) is 18.9. The normalized spacial score (nSPS) is 11.2. The molecule has 3 rings (SSSR count). The Hall–Kier alpha value is -3.19. The van der Waals surface area contributed by atoms with Crippen LogP contribution in [-0.2, 0) is 19.1 Å². The van der Waals surface area contributed by atoms with Crippen molar-refractivity contribution in [2.24, 2.45) is 0 Å². The Labute approximate surface area is 195 Å². The van der Waals surface area contributed by atoms with Crippen LogP contribution in [0.2, 0.25) is 5.02 Å². The lowest BCUT2D eigenvalue weighted by molar-refractivity contribution is -0.137. The van der Waals surface area contributed by atoms with Crippen molar-refractivity contribution in [1.82, 2.24) is 4.90 Å². The van der Waals surface area contributed by atoms with Gasteiger partial charge in [-0.2, -0.15) is 13.2 Å². The summed E-state index contributed by atoms with van der Waals surface area (Å²) < 4.78 is 50.1. The lowest BCUT2D eigenvalue weighted by Crippen LogP contribution is -2.32. The molecule has 0 heterocycles. The number of alkyl halides is 3. The van der Waals surface area contributed by atoms with Crippen LogP contribution in [0.1, 0.15) is 27.0 Å². The Morgan fingerprint density at radius 1 is 0.909 bits per heavy atom. The number of hydrogen-bond acceptors (Lipinski definition) is 3.